The Morgan fingerprint density at radius 3 is 2.28 bits per heavy atom. The van der Waals surface area contributed by atoms with E-state index in [4.69, 9.17) is 0 Å². The van der Waals surface area contributed by atoms with Crippen LogP contribution in [0.3, 0.4) is 0 Å². The molecular formula is C24H25F3N4O. The number of hydrogen-bond acceptors (Lipinski definition) is 3. The molecule has 1 aromatic heterocycles. The number of amides is 1. The van der Waals surface area contributed by atoms with Gasteiger partial charge in [-0.05, 0) is 47.9 Å². The van der Waals surface area contributed by atoms with Crippen LogP contribution in [0.2, 0.25) is 0 Å². The molecule has 5 nitrogen and oxygen atoms in total. The zero-order chi connectivity index (χ0) is 22.6. The lowest BCUT2D eigenvalue weighted by molar-refractivity contribution is -0.137. The van der Waals surface area contributed by atoms with Crippen molar-refractivity contribution in [3.8, 4) is 5.69 Å². The molecule has 2 aromatic carbocycles. The van der Waals surface area contributed by atoms with Crippen LogP contribution in [0.15, 0.2) is 67.0 Å². The third-order valence-corrected chi connectivity index (χ3v) is 5.69. The van der Waals surface area contributed by atoms with Crippen molar-refractivity contribution in [3.63, 3.8) is 0 Å². The minimum Gasteiger partial charge on any atom is -0.341 e. The molecule has 3 aromatic rings. The molecule has 4 rings (SSSR count). The smallest absolute Gasteiger partial charge is 0.341 e. The fourth-order valence-corrected chi connectivity index (χ4v) is 3.91. The van der Waals surface area contributed by atoms with E-state index in [1.807, 2.05) is 41.4 Å². The summed E-state index contributed by atoms with van der Waals surface area (Å²) in [5.74, 6) is 0.0909. The molecule has 0 N–H and O–H groups in total. The predicted molar refractivity (Wildman–Crippen MR) is 115 cm³/mol. The first-order valence-electron chi connectivity index (χ1n) is 10.6. The van der Waals surface area contributed by atoms with Crippen molar-refractivity contribution in [2.24, 2.45) is 0 Å². The minimum absolute atomic E-state index is 0.0909. The summed E-state index contributed by atoms with van der Waals surface area (Å²) in [6.45, 7) is 3.39. The molecular weight excluding hydrogens is 417 g/mol. The van der Waals surface area contributed by atoms with Gasteiger partial charge in [0.15, 0.2) is 0 Å². The fraction of sp³-hybridized carbons (Fsp3) is 0.333. The summed E-state index contributed by atoms with van der Waals surface area (Å²) in [5.41, 5.74) is 2.11. The Kier molecular flexibility index (Phi) is 6.60. The van der Waals surface area contributed by atoms with Gasteiger partial charge in [0, 0.05) is 45.1 Å². The molecule has 168 valence electrons. The molecule has 0 radical (unpaired) electrons. The molecule has 2 heterocycles. The highest BCUT2D eigenvalue weighted by atomic mass is 19.4. The Hall–Kier alpha value is -3.13. The van der Waals surface area contributed by atoms with E-state index in [-0.39, 0.29) is 5.91 Å². The summed E-state index contributed by atoms with van der Waals surface area (Å²) in [4.78, 5) is 16.9. The van der Waals surface area contributed by atoms with Gasteiger partial charge in [-0.25, -0.2) is 4.68 Å². The van der Waals surface area contributed by atoms with E-state index >= 15 is 0 Å². The van der Waals surface area contributed by atoms with Crippen molar-refractivity contribution < 1.29 is 18.0 Å². The van der Waals surface area contributed by atoms with Gasteiger partial charge in [-0.3, -0.25) is 9.69 Å². The fourth-order valence-electron chi connectivity index (χ4n) is 3.91. The highest BCUT2D eigenvalue weighted by molar-refractivity contribution is 5.78. The average Bonchev–Trinajstić information content (AvgIpc) is 3.21. The van der Waals surface area contributed by atoms with E-state index in [2.05, 4.69) is 10.00 Å². The predicted octanol–water partition coefficient (Wildman–Crippen LogP) is 4.17. The van der Waals surface area contributed by atoms with E-state index in [0.717, 1.165) is 41.9 Å². The molecule has 0 unspecified atom stereocenters. The van der Waals surface area contributed by atoms with Gasteiger partial charge in [-0.1, -0.05) is 24.3 Å². The molecule has 0 aliphatic carbocycles. The Morgan fingerprint density at radius 2 is 1.62 bits per heavy atom. The SMILES string of the molecule is O=C(Cc1ccc(-n2cccn2)cc1)N1CCCN(Cc2ccc(C(F)(F)F)cc2)CC1. The summed E-state index contributed by atoms with van der Waals surface area (Å²) in [6.07, 6.45) is 0.454. The molecule has 1 aliphatic rings. The topological polar surface area (TPSA) is 41.4 Å². The molecule has 1 saturated heterocycles. The van der Waals surface area contributed by atoms with E-state index in [1.165, 1.54) is 12.1 Å². The first-order chi connectivity index (χ1) is 15.4. The summed E-state index contributed by atoms with van der Waals surface area (Å²) in [6, 6.07) is 15.0. The zero-order valence-electron chi connectivity index (χ0n) is 17.6. The summed E-state index contributed by atoms with van der Waals surface area (Å²) in [5, 5.41) is 4.20. The van der Waals surface area contributed by atoms with Gasteiger partial charge >= 0.3 is 6.18 Å². The van der Waals surface area contributed by atoms with Gasteiger partial charge in [0.1, 0.15) is 0 Å². The monoisotopic (exact) mass is 442 g/mol. The van der Waals surface area contributed by atoms with Crippen molar-refractivity contribution in [1.29, 1.82) is 0 Å². The summed E-state index contributed by atoms with van der Waals surface area (Å²) in [7, 11) is 0. The third-order valence-electron chi connectivity index (χ3n) is 5.69. The van der Waals surface area contributed by atoms with Crippen molar-refractivity contribution >= 4 is 5.91 Å². The second-order valence-corrected chi connectivity index (χ2v) is 8.00. The molecule has 1 aliphatic heterocycles. The van der Waals surface area contributed by atoms with Gasteiger partial charge in [-0.15, -0.1) is 0 Å². The second-order valence-electron chi connectivity index (χ2n) is 8.00. The number of aromatic nitrogens is 2. The average molecular weight is 442 g/mol. The van der Waals surface area contributed by atoms with Crippen molar-refractivity contribution in [2.75, 3.05) is 26.2 Å². The number of hydrogen-bond donors (Lipinski definition) is 0. The minimum atomic E-state index is -4.32. The van der Waals surface area contributed by atoms with E-state index in [0.29, 0.717) is 32.6 Å². The maximum absolute atomic E-state index is 12.8. The van der Waals surface area contributed by atoms with Crippen molar-refractivity contribution in [1.82, 2.24) is 19.6 Å². The Labute approximate surface area is 185 Å². The lowest BCUT2D eigenvalue weighted by atomic mass is 10.1. The van der Waals surface area contributed by atoms with Crippen molar-refractivity contribution in [2.45, 2.75) is 25.6 Å². The number of nitrogens with zero attached hydrogens (tertiary/aromatic N) is 4. The highest BCUT2D eigenvalue weighted by Crippen LogP contribution is 2.29. The molecule has 8 heteroatoms. The molecule has 0 spiro atoms. The Balaban J connectivity index is 1.29. The number of carbonyl (C=O) groups is 1. The van der Waals surface area contributed by atoms with Crippen LogP contribution >= 0.6 is 0 Å². The lowest BCUT2D eigenvalue weighted by Crippen LogP contribution is -2.36. The number of carbonyl (C=O) groups excluding carboxylic acids is 1. The normalized spacial score (nSPS) is 15.5. The van der Waals surface area contributed by atoms with Crippen LogP contribution in [-0.2, 0) is 23.9 Å². The Bertz CT molecular complexity index is 1010. The van der Waals surface area contributed by atoms with Crippen LogP contribution in [0.1, 0.15) is 23.1 Å². The third kappa shape index (κ3) is 5.56. The first-order valence-corrected chi connectivity index (χ1v) is 10.6. The molecule has 1 fully saturated rings. The van der Waals surface area contributed by atoms with E-state index in [1.54, 1.807) is 10.9 Å². The van der Waals surface area contributed by atoms with Gasteiger partial charge in [0.05, 0.1) is 17.7 Å². The van der Waals surface area contributed by atoms with Crippen LogP contribution in [-0.4, -0.2) is 51.7 Å². The van der Waals surface area contributed by atoms with E-state index in [9.17, 15) is 18.0 Å². The number of benzene rings is 2. The van der Waals surface area contributed by atoms with Crippen LogP contribution in [0, 0.1) is 0 Å². The molecule has 0 bridgehead atoms. The second kappa shape index (κ2) is 9.56. The Morgan fingerprint density at radius 1 is 0.906 bits per heavy atom. The quantitative estimate of drug-likeness (QED) is 0.596. The standard InChI is InChI=1S/C24H25F3N4O/c25-24(26,27)21-7-3-20(4-8-21)18-29-12-2-13-30(16-15-29)23(32)17-19-5-9-22(10-6-19)31-14-1-11-28-31/h1,3-11,14H,2,12-13,15-18H2. The van der Waals surface area contributed by atoms with Gasteiger partial charge in [-0.2, -0.15) is 18.3 Å². The number of alkyl halides is 3. The molecule has 0 atom stereocenters. The van der Waals surface area contributed by atoms with Gasteiger partial charge < -0.3 is 4.90 Å². The van der Waals surface area contributed by atoms with Crippen molar-refractivity contribution in [3.05, 3.63) is 83.7 Å². The largest absolute Gasteiger partial charge is 0.416 e. The molecule has 1 amide bonds. The van der Waals surface area contributed by atoms with Crippen LogP contribution < -0.4 is 0 Å². The summed E-state index contributed by atoms with van der Waals surface area (Å²) >= 11 is 0. The highest BCUT2D eigenvalue weighted by Gasteiger charge is 2.30. The molecule has 0 saturated carbocycles. The van der Waals surface area contributed by atoms with Crippen LogP contribution in [0.5, 0.6) is 0 Å². The lowest BCUT2D eigenvalue weighted by Gasteiger charge is -2.22. The van der Waals surface area contributed by atoms with Crippen LogP contribution in [0.4, 0.5) is 13.2 Å². The van der Waals surface area contributed by atoms with Crippen LogP contribution in [0.25, 0.3) is 5.69 Å². The zero-order valence-corrected chi connectivity index (χ0v) is 17.6. The first kappa shape index (κ1) is 22.1. The van der Waals surface area contributed by atoms with Gasteiger partial charge in [0.2, 0.25) is 5.91 Å². The number of halogens is 3. The van der Waals surface area contributed by atoms with E-state index < -0.39 is 11.7 Å². The molecule has 32 heavy (non-hydrogen) atoms. The summed E-state index contributed by atoms with van der Waals surface area (Å²) < 4.78 is 40.0. The maximum Gasteiger partial charge on any atom is 0.416 e. The maximum atomic E-state index is 12.8. The van der Waals surface area contributed by atoms with Gasteiger partial charge in [0.25, 0.3) is 0 Å². The number of rotatable bonds is 5.